The second-order valence-corrected chi connectivity index (χ2v) is 6.30. The van der Waals surface area contributed by atoms with Crippen LogP contribution in [0.1, 0.15) is 60.3 Å². The highest BCUT2D eigenvalue weighted by molar-refractivity contribution is 7.99. The monoisotopic (exact) mass is 245 g/mol. The van der Waals surface area contributed by atoms with E-state index in [4.69, 9.17) is 0 Å². The first-order chi connectivity index (χ1) is 7.65. The molecule has 1 nitrogen and oxygen atoms in total. The van der Waals surface area contributed by atoms with E-state index in [1.165, 1.54) is 31.4 Å². The predicted molar refractivity (Wildman–Crippen MR) is 78.4 cm³/mol. The molecule has 0 aliphatic heterocycles. The summed E-state index contributed by atoms with van der Waals surface area (Å²) in [6.07, 6.45) is 5.26. The van der Waals surface area contributed by atoms with Crippen LogP contribution < -0.4 is 5.32 Å². The Bertz CT molecular complexity index is 142. The first kappa shape index (κ1) is 16.3. The maximum Gasteiger partial charge on any atom is 0.0198 e. The second kappa shape index (κ2) is 10.5. The number of thioether (sulfide) groups is 1. The van der Waals surface area contributed by atoms with E-state index in [1.807, 2.05) is 0 Å². The molecule has 0 spiro atoms. The molecule has 0 saturated heterocycles. The molecule has 0 aliphatic carbocycles. The number of nitrogens with one attached hydrogen (secondary N) is 1. The molecule has 16 heavy (non-hydrogen) atoms. The Hall–Kier alpha value is 0.310. The van der Waals surface area contributed by atoms with Gasteiger partial charge in [-0.1, -0.05) is 41.0 Å². The van der Waals surface area contributed by atoms with E-state index in [0.717, 1.165) is 23.8 Å². The van der Waals surface area contributed by atoms with Crippen LogP contribution in [-0.2, 0) is 0 Å². The summed E-state index contributed by atoms with van der Waals surface area (Å²) in [7, 11) is 0. The average molecular weight is 245 g/mol. The van der Waals surface area contributed by atoms with Gasteiger partial charge in [0.25, 0.3) is 0 Å². The zero-order valence-corrected chi connectivity index (χ0v) is 12.7. The van der Waals surface area contributed by atoms with Crippen molar-refractivity contribution >= 4 is 11.8 Å². The fraction of sp³-hybridized carbons (Fsp3) is 1.00. The predicted octanol–water partition coefficient (Wildman–Crippen LogP) is 4.32. The molecule has 1 N–H and O–H groups in total. The minimum atomic E-state index is 0.720. The summed E-state index contributed by atoms with van der Waals surface area (Å²) in [6, 6.07) is 0.720. The van der Waals surface area contributed by atoms with Crippen LogP contribution in [0.15, 0.2) is 0 Å². The molecule has 0 rings (SSSR count). The van der Waals surface area contributed by atoms with Crippen molar-refractivity contribution in [3.8, 4) is 0 Å². The van der Waals surface area contributed by atoms with Crippen LogP contribution in [0.25, 0.3) is 0 Å². The topological polar surface area (TPSA) is 12.0 Å². The van der Waals surface area contributed by atoms with Crippen molar-refractivity contribution in [1.82, 2.24) is 5.32 Å². The van der Waals surface area contributed by atoms with Crippen molar-refractivity contribution in [2.24, 2.45) is 5.92 Å². The highest BCUT2D eigenvalue weighted by Crippen LogP contribution is 2.23. The Labute approximate surface area is 107 Å². The Morgan fingerprint density at radius 1 is 1.06 bits per heavy atom. The number of rotatable bonds is 10. The Kier molecular flexibility index (Phi) is 10.7. The number of hydrogen-bond acceptors (Lipinski definition) is 2. The summed E-state index contributed by atoms with van der Waals surface area (Å²) in [4.78, 5) is 0. The fourth-order valence-corrected chi connectivity index (χ4v) is 3.58. The molecule has 0 fully saturated rings. The van der Waals surface area contributed by atoms with Gasteiger partial charge in [0.1, 0.15) is 0 Å². The van der Waals surface area contributed by atoms with Gasteiger partial charge in [0.15, 0.2) is 0 Å². The van der Waals surface area contributed by atoms with Crippen molar-refractivity contribution < 1.29 is 0 Å². The van der Waals surface area contributed by atoms with Crippen LogP contribution in [0.4, 0.5) is 0 Å². The third kappa shape index (κ3) is 7.56. The van der Waals surface area contributed by atoms with Gasteiger partial charge in [0.2, 0.25) is 0 Å². The molecule has 2 atom stereocenters. The molecule has 0 aromatic carbocycles. The number of hydrogen-bond donors (Lipinski definition) is 1. The molecule has 2 heteroatoms. The fourth-order valence-electron chi connectivity index (χ4n) is 1.97. The van der Waals surface area contributed by atoms with Crippen molar-refractivity contribution in [2.45, 2.75) is 71.6 Å². The van der Waals surface area contributed by atoms with Gasteiger partial charge in [-0.3, -0.25) is 0 Å². The van der Waals surface area contributed by atoms with E-state index < -0.39 is 0 Å². The van der Waals surface area contributed by atoms with Gasteiger partial charge in [0, 0.05) is 11.3 Å². The molecule has 98 valence electrons. The third-order valence-corrected chi connectivity index (χ3v) is 4.51. The van der Waals surface area contributed by atoms with Crippen molar-refractivity contribution in [1.29, 1.82) is 0 Å². The van der Waals surface area contributed by atoms with Crippen LogP contribution >= 0.6 is 11.8 Å². The zero-order chi connectivity index (χ0) is 12.4. The van der Waals surface area contributed by atoms with Gasteiger partial charge in [-0.2, -0.15) is 11.8 Å². The van der Waals surface area contributed by atoms with E-state index in [0.29, 0.717) is 0 Å². The molecule has 0 aliphatic rings. The van der Waals surface area contributed by atoms with E-state index in [9.17, 15) is 0 Å². The van der Waals surface area contributed by atoms with Crippen molar-refractivity contribution in [2.75, 3.05) is 12.3 Å². The Balaban J connectivity index is 3.98. The molecule has 2 unspecified atom stereocenters. The van der Waals surface area contributed by atoms with Gasteiger partial charge >= 0.3 is 0 Å². The second-order valence-electron chi connectivity index (χ2n) is 4.95. The lowest BCUT2D eigenvalue weighted by Gasteiger charge is -2.26. The van der Waals surface area contributed by atoms with E-state index >= 15 is 0 Å². The normalized spacial score (nSPS) is 15.4. The van der Waals surface area contributed by atoms with E-state index in [2.05, 4.69) is 51.7 Å². The molecule has 0 bridgehead atoms. The quantitative estimate of drug-likeness (QED) is 0.615. The van der Waals surface area contributed by atoms with Gasteiger partial charge in [-0.25, -0.2) is 0 Å². The third-order valence-electron chi connectivity index (χ3n) is 2.94. The van der Waals surface area contributed by atoms with Crippen LogP contribution in [-0.4, -0.2) is 23.6 Å². The maximum atomic E-state index is 3.65. The lowest BCUT2D eigenvalue weighted by molar-refractivity contribution is 0.465. The van der Waals surface area contributed by atoms with Crippen LogP contribution in [0, 0.1) is 5.92 Å². The molecule has 0 heterocycles. The van der Waals surface area contributed by atoms with Crippen LogP contribution in [0.2, 0.25) is 0 Å². The molecular formula is C14H31NS. The standard InChI is InChI=1S/C14H31NS/c1-6-9-13(15-8-3)14(7-2)16-11-10-12(4)5/h12-15H,6-11H2,1-5H3. The highest BCUT2D eigenvalue weighted by Gasteiger charge is 2.18. The van der Waals surface area contributed by atoms with Gasteiger partial charge in [0.05, 0.1) is 0 Å². The molecule has 0 amide bonds. The molecule has 0 aromatic heterocycles. The zero-order valence-electron chi connectivity index (χ0n) is 11.9. The first-order valence-corrected chi connectivity index (χ1v) is 8.05. The largest absolute Gasteiger partial charge is 0.313 e. The summed E-state index contributed by atoms with van der Waals surface area (Å²) in [6.45, 7) is 12.6. The van der Waals surface area contributed by atoms with E-state index in [1.54, 1.807) is 0 Å². The van der Waals surface area contributed by atoms with Crippen LogP contribution in [0.3, 0.4) is 0 Å². The minimum absolute atomic E-state index is 0.720. The van der Waals surface area contributed by atoms with E-state index in [-0.39, 0.29) is 0 Å². The minimum Gasteiger partial charge on any atom is -0.313 e. The lowest BCUT2D eigenvalue weighted by Crippen LogP contribution is -2.38. The van der Waals surface area contributed by atoms with Crippen molar-refractivity contribution in [3.63, 3.8) is 0 Å². The summed E-state index contributed by atoms with van der Waals surface area (Å²) in [5, 5.41) is 4.46. The molecule has 0 saturated carbocycles. The smallest absolute Gasteiger partial charge is 0.0198 e. The maximum absolute atomic E-state index is 3.65. The van der Waals surface area contributed by atoms with Gasteiger partial charge < -0.3 is 5.32 Å². The van der Waals surface area contributed by atoms with Gasteiger partial charge in [-0.15, -0.1) is 0 Å². The average Bonchev–Trinajstić information content (AvgIpc) is 2.24. The Morgan fingerprint density at radius 2 is 1.75 bits per heavy atom. The summed E-state index contributed by atoms with van der Waals surface area (Å²) in [5.41, 5.74) is 0. The molecule has 0 aromatic rings. The summed E-state index contributed by atoms with van der Waals surface area (Å²) in [5.74, 6) is 2.16. The first-order valence-electron chi connectivity index (χ1n) is 7.00. The SMILES string of the molecule is CCCC(NCC)C(CC)SCCC(C)C. The molecular weight excluding hydrogens is 214 g/mol. The Morgan fingerprint density at radius 3 is 2.19 bits per heavy atom. The van der Waals surface area contributed by atoms with Gasteiger partial charge in [-0.05, 0) is 37.5 Å². The summed E-state index contributed by atoms with van der Waals surface area (Å²) >= 11 is 2.18. The highest BCUT2D eigenvalue weighted by atomic mass is 32.2. The summed E-state index contributed by atoms with van der Waals surface area (Å²) < 4.78 is 0. The van der Waals surface area contributed by atoms with Crippen molar-refractivity contribution in [3.05, 3.63) is 0 Å². The van der Waals surface area contributed by atoms with Crippen LogP contribution in [0.5, 0.6) is 0 Å². The molecule has 0 radical (unpaired) electrons. The lowest BCUT2D eigenvalue weighted by atomic mass is 10.1.